The van der Waals surface area contributed by atoms with Crippen molar-refractivity contribution in [3.8, 4) is 0 Å². The summed E-state index contributed by atoms with van der Waals surface area (Å²) in [7, 11) is 0. The Labute approximate surface area is 147 Å². The normalized spacial score (nSPS) is 13.7. The fraction of sp³-hybridized carbons (Fsp3) is 0.294. The van der Waals surface area contributed by atoms with E-state index in [0.717, 1.165) is 18.4 Å². The lowest BCUT2D eigenvalue weighted by Gasteiger charge is -2.07. The van der Waals surface area contributed by atoms with Gasteiger partial charge in [-0.05, 0) is 36.5 Å². The number of benzene rings is 1. The van der Waals surface area contributed by atoms with Crippen LogP contribution in [0.3, 0.4) is 0 Å². The number of rotatable bonds is 6. The summed E-state index contributed by atoms with van der Waals surface area (Å²) < 4.78 is 19.8. The van der Waals surface area contributed by atoms with E-state index in [1.807, 2.05) is 6.07 Å². The van der Waals surface area contributed by atoms with E-state index in [4.69, 9.17) is 0 Å². The second-order valence-electron chi connectivity index (χ2n) is 6.25. The number of H-pyrrole nitrogens is 1. The monoisotopic (exact) mass is 357 g/mol. The van der Waals surface area contributed by atoms with Gasteiger partial charge in [-0.3, -0.25) is 19.0 Å². The number of nitrogens with one attached hydrogen (secondary N) is 2. The number of carbonyl (C=O) groups excluding carboxylic acids is 1. The average Bonchev–Trinajstić information content (AvgIpc) is 3.24. The molecule has 1 aliphatic carbocycles. The SMILES string of the molecule is O=C(NCc1cc(C2CC2)ccc1F)c1ccn(Cc2noc(=O)[nH]2)n1. The minimum Gasteiger partial charge on any atom is -0.346 e. The Morgan fingerprint density at radius 1 is 1.38 bits per heavy atom. The molecule has 2 aromatic heterocycles. The van der Waals surface area contributed by atoms with Crippen LogP contribution in [-0.2, 0) is 13.1 Å². The summed E-state index contributed by atoms with van der Waals surface area (Å²) in [6, 6.07) is 6.59. The molecule has 4 rings (SSSR count). The maximum absolute atomic E-state index is 13.9. The van der Waals surface area contributed by atoms with Gasteiger partial charge in [0.1, 0.15) is 18.1 Å². The highest BCUT2D eigenvalue weighted by atomic mass is 19.1. The van der Waals surface area contributed by atoms with Gasteiger partial charge in [0.2, 0.25) is 0 Å². The number of amides is 1. The van der Waals surface area contributed by atoms with E-state index in [1.54, 1.807) is 12.3 Å². The Hall–Kier alpha value is -3.23. The molecule has 0 saturated heterocycles. The smallest absolute Gasteiger partial charge is 0.346 e. The van der Waals surface area contributed by atoms with E-state index < -0.39 is 11.7 Å². The summed E-state index contributed by atoms with van der Waals surface area (Å²) >= 11 is 0. The third-order valence-corrected chi connectivity index (χ3v) is 4.23. The zero-order valence-electron chi connectivity index (χ0n) is 13.7. The first kappa shape index (κ1) is 16.2. The fourth-order valence-electron chi connectivity index (χ4n) is 2.72. The molecular formula is C17H16FN5O3. The summed E-state index contributed by atoms with van der Waals surface area (Å²) in [5, 5.41) is 10.3. The number of carbonyl (C=O) groups is 1. The average molecular weight is 357 g/mol. The number of nitrogens with zero attached hydrogens (tertiary/aromatic N) is 3. The Morgan fingerprint density at radius 3 is 2.96 bits per heavy atom. The summed E-state index contributed by atoms with van der Waals surface area (Å²) in [5.74, 6) is -0.586. The van der Waals surface area contributed by atoms with Crippen molar-refractivity contribution >= 4 is 5.91 Å². The number of halogens is 1. The van der Waals surface area contributed by atoms with E-state index in [2.05, 4.69) is 25.1 Å². The van der Waals surface area contributed by atoms with Gasteiger partial charge in [-0.15, -0.1) is 0 Å². The molecule has 1 saturated carbocycles. The van der Waals surface area contributed by atoms with Crippen molar-refractivity contribution in [2.45, 2.75) is 31.8 Å². The Kier molecular flexibility index (Phi) is 4.11. The van der Waals surface area contributed by atoms with E-state index in [9.17, 15) is 14.0 Å². The molecule has 2 heterocycles. The van der Waals surface area contributed by atoms with Gasteiger partial charge in [0, 0.05) is 18.3 Å². The maximum atomic E-state index is 13.9. The quantitative estimate of drug-likeness (QED) is 0.696. The Balaban J connectivity index is 1.39. The molecule has 8 nitrogen and oxygen atoms in total. The fourth-order valence-corrected chi connectivity index (χ4v) is 2.72. The van der Waals surface area contributed by atoms with Gasteiger partial charge >= 0.3 is 5.76 Å². The third kappa shape index (κ3) is 3.56. The number of aromatic amines is 1. The van der Waals surface area contributed by atoms with Gasteiger partial charge in [-0.2, -0.15) is 5.10 Å². The molecule has 1 aliphatic rings. The van der Waals surface area contributed by atoms with Crippen LogP contribution in [0.2, 0.25) is 0 Å². The minimum absolute atomic E-state index is 0.0920. The van der Waals surface area contributed by atoms with Crippen molar-refractivity contribution in [2.75, 3.05) is 0 Å². The Morgan fingerprint density at radius 2 is 2.23 bits per heavy atom. The number of aromatic nitrogens is 4. The van der Waals surface area contributed by atoms with Gasteiger partial charge in [0.25, 0.3) is 5.91 Å². The second-order valence-corrected chi connectivity index (χ2v) is 6.25. The molecule has 0 unspecified atom stereocenters. The van der Waals surface area contributed by atoms with Crippen LogP contribution in [0.4, 0.5) is 4.39 Å². The van der Waals surface area contributed by atoms with Gasteiger partial charge < -0.3 is 5.32 Å². The first-order valence-corrected chi connectivity index (χ1v) is 8.23. The largest absolute Gasteiger partial charge is 0.438 e. The predicted molar refractivity (Wildman–Crippen MR) is 88.0 cm³/mol. The van der Waals surface area contributed by atoms with E-state index >= 15 is 0 Å². The Bertz CT molecular complexity index is 1000. The molecule has 0 radical (unpaired) electrons. The summed E-state index contributed by atoms with van der Waals surface area (Å²) in [4.78, 5) is 25.5. The molecule has 0 atom stereocenters. The van der Waals surface area contributed by atoms with Gasteiger partial charge in [-0.25, -0.2) is 9.18 Å². The van der Waals surface area contributed by atoms with Crippen LogP contribution < -0.4 is 11.1 Å². The highest BCUT2D eigenvalue weighted by Gasteiger charge is 2.24. The first-order chi connectivity index (χ1) is 12.6. The van der Waals surface area contributed by atoms with Crippen molar-refractivity contribution in [2.24, 2.45) is 0 Å². The standard InChI is InChI=1S/C17H16FN5O3/c18-13-4-3-11(10-1-2-10)7-12(13)8-19-16(24)14-5-6-23(21-14)9-15-20-17(25)26-22-15/h3-7,10H,1-2,8-9H2,(H,19,24)(H,20,22,25). The predicted octanol–water partition coefficient (Wildman–Crippen LogP) is 1.55. The van der Waals surface area contributed by atoms with Crippen LogP contribution >= 0.6 is 0 Å². The van der Waals surface area contributed by atoms with Gasteiger partial charge in [-0.1, -0.05) is 17.3 Å². The summed E-state index contributed by atoms with van der Waals surface area (Å²) in [5.41, 5.74) is 1.76. The zero-order chi connectivity index (χ0) is 18.1. The van der Waals surface area contributed by atoms with Crippen LogP contribution in [-0.4, -0.2) is 25.8 Å². The summed E-state index contributed by atoms with van der Waals surface area (Å²) in [6.45, 7) is 0.256. The lowest BCUT2D eigenvalue weighted by molar-refractivity contribution is 0.0944. The molecule has 1 amide bonds. The van der Waals surface area contributed by atoms with Crippen molar-refractivity contribution in [3.63, 3.8) is 0 Å². The molecule has 1 aromatic carbocycles. The van der Waals surface area contributed by atoms with Crippen LogP contribution in [0.1, 0.15) is 46.2 Å². The molecule has 3 aromatic rings. The number of hydrogen-bond acceptors (Lipinski definition) is 5. The van der Waals surface area contributed by atoms with E-state index in [-0.39, 0.29) is 24.6 Å². The lowest BCUT2D eigenvalue weighted by Crippen LogP contribution is -2.24. The van der Waals surface area contributed by atoms with Crippen molar-refractivity contribution < 1.29 is 13.7 Å². The van der Waals surface area contributed by atoms with Crippen molar-refractivity contribution in [1.82, 2.24) is 25.2 Å². The molecular weight excluding hydrogens is 341 g/mol. The molecule has 1 fully saturated rings. The molecule has 0 bridgehead atoms. The van der Waals surface area contributed by atoms with Crippen molar-refractivity contribution in [1.29, 1.82) is 0 Å². The molecule has 26 heavy (non-hydrogen) atoms. The van der Waals surface area contributed by atoms with Crippen LogP contribution in [0, 0.1) is 5.82 Å². The van der Waals surface area contributed by atoms with Crippen molar-refractivity contribution in [3.05, 3.63) is 69.5 Å². The molecule has 134 valence electrons. The lowest BCUT2D eigenvalue weighted by atomic mass is 10.1. The number of hydrogen-bond donors (Lipinski definition) is 2. The summed E-state index contributed by atoms with van der Waals surface area (Å²) in [6.07, 6.45) is 3.84. The first-order valence-electron chi connectivity index (χ1n) is 8.23. The topological polar surface area (TPSA) is 106 Å². The highest BCUT2D eigenvalue weighted by molar-refractivity contribution is 5.92. The van der Waals surface area contributed by atoms with E-state index in [1.165, 1.54) is 16.8 Å². The molecule has 9 heteroatoms. The third-order valence-electron chi connectivity index (χ3n) is 4.23. The van der Waals surface area contributed by atoms with Crippen LogP contribution in [0.25, 0.3) is 0 Å². The molecule has 0 aliphatic heterocycles. The zero-order valence-corrected chi connectivity index (χ0v) is 13.7. The van der Waals surface area contributed by atoms with Crippen LogP contribution in [0.5, 0.6) is 0 Å². The maximum Gasteiger partial charge on any atom is 0.438 e. The highest BCUT2D eigenvalue weighted by Crippen LogP contribution is 2.40. The second kappa shape index (κ2) is 6.58. The van der Waals surface area contributed by atoms with E-state index in [0.29, 0.717) is 17.3 Å². The molecule has 0 spiro atoms. The van der Waals surface area contributed by atoms with Crippen LogP contribution in [0.15, 0.2) is 39.8 Å². The van der Waals surface area contributed by atoms with Gasteiger partial charge in [0.15, 0.2) is 5.82 Å². The van der Waals surface area contributed by atoms with Gasteiger partial charge in [0.05, 0.1) is 0 Å². The minimum atomic E-state index is -0.652. The molecule has 2 N–H and O–H groups in total.